The van der Waals surface area contributed by atoms with Gasteiger partial charge in [-0.2, -0.15) is 9.59 Å². The Kier molecular flexibility index (Phi) is 13.0. The minimum Gasteiger partial charge on any atom is -0.298 e. The van der Waals surface area contributed by atoms with Gasteiger partial charge in [-0.3, -0.25) is 9.59 Å². The van der Waals surface area contributed by atoms with Crippen LogP contribution in [0.2, 0.25) is 0 Å². The quantitative estimate of drug-likeness (QED) is 0.687. The summed E-state index contributed by atoms with van der Waals surface area (Å²) in [6.07, 6.45) is 0.692. The molecule has 0 aliphatic rings. The van der Waals surface area contributed by atoms with Crippen LogP contribution in [-0.2, 0) is 20.8 Å². The summed E-state index contributed by atoms with van der Waals surface area (Å²) < 4.78 is 0. The van der Waals surface area contributed by atoms with Gasteiger partial charge in [-0.25, -0.2) is 0 Å². The fourth-order valence-corrected chi connectivity index (χ4v) is 3.00. The second-order valence-corrected chi connectivity index (χ2v) is 7.69. The zero-order chi connectivity index (χ0) is 18.0. The van der Waals surface area contributed by atoms with Gasteiger partial charge in [-0.15, -0.1) is 11.8 Å². The Morgan fingerprint density at radius 3 is 1.83 bits per heavy atom. The van der Waals surface area contributed by atoms with Gasteiger partial charge in [0, 0.05) is 17.9 Å². The van der Waals surface area contributed by atoms with E-state index in [4.69, 9.17) is 9.59 Å². The lowest BCUT2D eigenvalue weighted by atomic mass is 9.98. The third-order valence-corrected chi connectivity index (χ3v) is 4.29. The Morgan fingerprint density at radius 2 is 1.46 bits per heavy atom. The first kappa shape index (κ1) is 24.5. The van der Waals surface area contributed by atoms with Crippen LogP contribution in [0.1, 0.15) is 58.0 Å². The molecule has 0 spiro atoms. The molecule has 1 rings (SSSR count). The molecule has 0 fully saturated rings. The number of Topliss-reactive ketones (excluding diaryl/α,β-unsaturated/α-hetero) is 2. The van der Waals surface area contributed by atoms with Crippen LogP contribution < -0.4 is 0 Å². The van der Waals surface area contributed by atoms with Crippen LogP contribution in [0.5, 0.6) is 0 Å². The van der Waals surface area contributed by atoms with Crippen molar-refractivity contribution >= 4 is 29.5 Å². The van der Waals surface area contributed by atoms with Gasteiger partial charge in [0.1, 0.15) is 5.78 Å². The van der Waals surface area contributed by atoms with E-state index in [0.717, 1.165) is 11.1 Å². The third kappa shape index (κ3) is 9.43. The average molecular weight is 352 g/mol. The molecule has 0 aliphatic heterocycles. The Bertz CT molecular complexity index is 541. The molecule has 0 heterocycles. The molecular formula is C19H28O4S. The molecule has 24 heavy (non-hydrogen) atoms. The molecule has 5 heteroatoms. The summed E-state index contributed by atoms with van der Waals surface area (Å²) in [5.41, 5.74) is 1.70. The first-order valence-electron chi connectivity index (χ1n) is 7.53. The minimum atomic E-state index is 0. The van der Waals surface area contributed by atoms with E-state index < -0.39 is 0 Å². The summed E-state index contributed by atoms with van der Waals surface area (Å²) in [6, 6.07) is 7.43. The summed E-state index contributed by atoms with van der Waals surface area (Å²) in [6.45, 7) is 9.94. The standard InChI is InChI=1S/C17H24O2S.CO2.CH4/c1-11(2)17(19)15-8-6-14(7-9-15)10-16(18)13(5)20-12(3)4;2-1-3;/h6-9,11-13H,10H2,1-5H3;;1H4. The number of ketones is 2. The lowest BCUT2D eigenvalue weighted by Gasteiger charge is -2.13. The van der Waals surface area contributed by atoms with Crippen molar-refractivity contribution in [1.82, 2.24) is 0 Å². The highest BCUT2D eigenvalue weighted by molar-refractivity contribution is 8.01. The van der Waals surface area contributed by atoms with Crippen molar-refractivity contribution in [1.29, 1.82) is 0 Å². The van der Waals surface area contributed by atoms with Gasteiger partial charge in [0.25, 0.3) is 0 Å². The zero-order valence-corrected chi connectivity index (χ0v) is 15.1. The molecule has 0 saturated heterocycles. The molecule has 1 aromatic rings. The van der Waals surface area contributed by atoms with E-state index in [0.29, 0.717) is 11.7 Å². The van der Waals surface area contributed by atoms with Crippen LogP contribution in [0, 0.1) is 5.92 Å². The average Bonchev–Trinajstić information content (AvgIpc) is 2.47. The Morgan fingerprint density at radius 1 is 1.00 bits per heavy atom. The van der Waals surface area contributed by atoms with E-state index in [1.54, 1.807) is 11.8 Å². The summed E-state index contributed by atoms with van der Waals surface area (Å²) in [5, 5.41) is 0.479. The van der Waals surface area contributed by atoms with Crippen LogP contribution in [0.25, 0.3) is 0 Å². The first-order chi connectivity index (χ1) is 10.7. The zero-order valence-electron chi connectivity index (χ0n) is 14.3. The second-order valence-electron chi connectivity index (χ2n) is 5.77. The number of thioether (sulfide) groups is 1. The van der Waals surface area contributed by atoms with Crippen LogP contribution in [0.3, 0.4) is 0 Å². The van der Waals surface area contributed by atoms with Gasteiger partial charge in [0.15, 0.2) is 5.78 Å². The number of hydrogen-bond donors (Lipinski definition) is 0. The predicted molar refractivity (Wildman–Crippen MR) is 98.2 cm³/mol. The third-order valence-electron chi connectivity index (χ3n) is 3.07. The topological polar surface area (TPSA) is 68.3 Å². The van der Waals surface area contributed by atoms with E-state index >= 15 is 0 Å². The van der Waals surface area contributed by atoms with Crippen LogP contribution in [0.15, 0.2) is 24.3 Å². The van der Waals surface area contributed by atoms with E-state index in [1.165, 1.54) is 0 Å². The van der Waals surface area contributed by atoms with Gasteiger partial charge < -0.3 is 0 Å². The molecule has 0 bridgehead atoms. The fourth-order valence-electron chi connectivity index (χ4n) is 1.95. The van der Waals surface area contributed by atoms with Crippen molar-refractivity contribution in [2.24, 2.45) is 5.92 Å². The number of rotatable bonds is 7. The Balaban J connectivity index is 0. The summed E-state index contributed by atoms with van der Waals surface area (Å²) >= 11 is 1.69. The minimum absolute atomic E-state index is 0. The Hall–Kier alpha value is -1.71. The SMILES string of the molecule is C.CC(C)SC(C)C(=O)Cc1ccc(C(=O)C(C)C)cc1.O=C=O. The number of hydrogen-bond acceptors (Lipinski definition) is 5. The molecule has 134 valence electrons. The maximum atomic E-state index is 12.1. The molecule has 1 aromatic carbocycles. The largest absolute Gasteiger partial charge is 0.373 e. The molecule has 0 aromatic heterocycles. The summed E-state index contributed by atoms with van der Waals surface area (Å²) in [7, 11) is 0. The lowest BCUT2D eigenvalue weighted by Crippen LogP contribution is -2.18. The summed E-state index contributed by atoms with van der Waals surface area (Å²) in [5.74, 6) is 0.392. The van der Waals surface area contributed by atoms with Crippen LogP contribution in [0.4, 0.5) is 0 Å². The van der Waals surface area contributed by atoms with Crippen LogP contribution in [-0.4, -0.2) is 28.2 Å². The highest BCUT2D eigenvalue weighted by atomic mass is 32.2. The molecule has 4 nitrogen and oxygen atoms in total. The van der Waals surface area contributed by atoms with Gasteiger partial charge in [-0.05, 0) is 17.7 Å². The molecular weight excluding hydrogens is 324 g/mol. The van der Waals surface area contributed by atoms with Crippen molar-refractivity contribution in [3.05, 3.63) is 35.4 Å². The van der Waals surface area contributed by atoms with E-state index in [1.807, 2.05) is 45.0 Å². The highest BCUT2D eigenvalue weighted by Gasteiger charge is 2.16. The van der Waals surface area contributed by atoms with Gasteiger partial charge >= 0.3 is 6.15 Å². The van der Waals surface area contributed by atoms with Gasteiger partial charge in [0.05, 0.1) is 5.25 Å². The molecule has 0 saturated carbocycles. The van der Waals surface area contributed by atoms with E-state index in [-0.39, 0.29) is 36.3 Å². The van der Waals surface area contributed by atoms with Crippen molar-refractivity contribution in [3.8, 4) is 0 Å². The smallest absolute Gasteiger partial charge is 0.298 e. The number of carbonyl (C=O) groups excluding carboxylic acids is 4. The van der Waals surface area contributed by atoms with Crippen molar-refractivity contribution in [2.45, 2.75) is 59.0 Å². The molecule has 0 amide bonds. The second kappa shape index (κ2) is 12.7. The van der Waals surface area contributed by atoms with E-state index in [2.05, 4.69) is 13.8 Å². The molecule has 0 aliphatic carbocycles. The van der Waals surface area contributed by atoms with Crippen molar-refractivity contribution in [3.63, 3.8) is 0 Å². The number of carbonyl (C=O) groups is 2. The molecule has 1 atom stereocenters. The monoisotopic (exact) mass is 352 g/mol. The Labute approximate surface area is 149 Å². The lowest BCUT2D eigenvalue weighted by molar-refractivity contribution is -0.191. The van der Waals surface area contributed by atoms with Crippen molar-refractivity contribution < 1.29 is 19.2 Å². The molecule has 0 N–H and O–H groups in total. The molecule has 0 radical (unpaired) electrons. The molecule has 1 unspecified atom stereocenters. The normalized spacial score (nSPS) is 11.0. The predicted octanol–water partition coefficient (Wildman–Crippen LogP) is 4.22. The highest BCUT2D eigenvalue weighted by Crippen LogP contribution is 2.19. The number of benzene rings is 1. The fraction of sp³-hybridized carbons (Fsp3) is 0.526. The first-order valence-corrected chi connectivity index (χ1v) is 8.47. The maximum absolute atomic E-state index is 12.1. The maximum Gasteiger partial charge on any atom is 0.373 e. The van der Waals surface area contributed by atoms with Crippen molar-refractivity contribution in [2.75, 3.05) is 0 Å². The van der Waals surface area contributed by atoms with Gasteiger partial charge in [0.2, 0.25) is 0 Å². The van der Waals surface area contributed by atoms with Crippen LogP contribution >= 0.6 is 11.8 Å². The van der Waals surface area contributed by atoms with E-state index in [9.17, 15) is 9.59 Å². The summed E-state index contributed by atoms with van der Waals surface area (Å²) in [4.78, 5) is 40.2. The van der Waals surface area contributed by atoms with Gasteiger partial charge in [-0.1, -0.05) is 59.4 Å².